The van der Waals surface area contributed by atoms with Crippen molar-refractivity contribution >= 4 is 29.9 Å². The number of nitrogens with zero attached hydrogens (tertiary/aromatic N) is 1. The lowest BCUT2D eigenvalue weighted by atomic mass is 10.0. The quantitative estimate of drug-likeness (QED) is 0.881. The van der Waals surface area contributed by atoms with E-state index in [1.165, 1.54) is 0 Å². The first-order valence-corrected chi connectivity index (χ1v) is 8.01. The van der Waals surface area contributed by atoms with Gasteiger partial charge in [-0.2, -0.15) is 0 Å². The molecule has 23 heavy (non-hydrogen) atoms. The lowest BCUT2D eigenvalue weighted by Crippen LogP contribution is -2.45. The van der Waals surface area contributed by atoms with Crippen LogP contribution < -0.4 is 15.5 Å². The van der Waals surface area contributed by atoms with Crippen LogP contribution in [0, 0.1) is 12.8 Å². The summed E-state index contributed by atoms with van der Waals surface area (Å²) in [7, 11) is 0. The van der Waals surface area contributed by atoms with Gasteiger partial charge in [0.05, 0.1) is 5.92 Å². The van der Waals surface area contributed by atoms with Gasteiger partial charge in [0, 0.05) is 24.7 Å². The summed E-state index contributed by atoms with van der Waals surface area (Å²) >= 11 is 0. The Morgan fingerprint density at radius 1 is 1.22 bits per heavy atom. The van der Waals surface area contributed by atoms with Crippen molar-refractivity contribution in [2.45, 2.75) is 32.2 Å². The van der Waals surface area contributed by atoms with E-state index in [1.54, 1.807) is 4.90 Å². The molecule has 1 atom stereocenters. The maximum Gasteiger partial charge on any atom is 0.227 e. The normalized spacial score (nSPS) is 21.9. The van der Waals surface area contributed by atoms with Crippen LogP contribution >= 0.6 is 12.4 Å². The summed E-state index contributed by atoms with van der Waals surface area (Å²) in [5, 5.41) is 6.39. The highest BCUT2D eigenvalue weighted by Crippen LogP contribution is 2.25. The lowest BCUT2D eigenvalue weighted by molar-refractivity contribution is -0.127. The van der Waals surface area contributed by atoms with Gasteiger partial charge in [-0.05, 0) is 45.0 Å². The van der Waals surface area contributed by atoms with Crippen LogP contribution in [0.3, 0.4) is 0 Å². The Morgan fingerprint density at radius 2 is 1.87 bits per heavy atom. The van der Waals surface area contributed by atoms with E-state index in [2.05, 4.69) is 10.6 Å². The minimum absolute atomic E-state index is 0. The van der Waals surface area contributed by atoms with Crippen LogP contribution in [0.15, 0.2) is 24.3 Å². The van der Waals surface area contributed by atoms with Crippen molar-refractivity contribution in [3.05, 3.63) is 29.8 Å². The molecule has 0 saturated carbocycles. The fourth-order valence-electron chi connectivity index (χ4n) is 3.14. The Morgan fingerprint density at radius 3 is 2.52 bits per heavy atom. The first-order valence-electron chi connectivity index (χ1n) is 8.01. The number of carbonyl (C=O) groups is 2. The Labute approximate surface area is 143 Å². The highest BCUT2D eigenvalue weighted by molar-refractivity contribution is 6.00. The molecular formula is C17H24ClN3O2. The molecule has 2 fully saturated rings. The molecule has 6 heteroatoms. The third kappa shape index (κ3) is 4.24. The molecule has 1 aromatic rings. The molecular weight excluding hydrogens is 314 g/mol. The molecule has 2 saturated heterocycles. The Balaban J connectivity index is 0.00000192. The van der Waals surface area contributed by atoms with Crippen LogP contribution in [-0.4, -0.2) is 37.5 Å². The first-order chi connectivity index (χ1) is 10.6. The number of carbonyl (C=O) groups excluding carboxylic acids is 2. The topological polar surface area (TPSA) is 61.4 Å². The van der Waals surface area contributed by atoms with Crippen LogP contribution in [0.4, 0.5) is 5.69 Å². The van der Waals surface area contributed by atoms with Gasteiger partial charge in [-0.25, -0.2) is 0 Å². The standard InChI is InChI=1S/C17H23N3O2.ClH/c1-12-2-4-15(5-3-12)20-11-13(10-16(20)21)17(22)19-14-6-8-18-9-7-14;/h2-5,13-14,18H,6-11H2,1H3,(H,19,22);1H. The predicted molar refractivity (Wildman–Crippen MR) is 92.9 cm³/mol. The third-order valence-corrected chi connectivity index (χ3v) is 4.53. The largest absolute Gasteiger partial charge is 0.353 e. The number of rotatable bonds is 3. The van der Waals surface area contributed by atoms with Gasteiger partial charge in [0.15, 0.2) is 0 Å². The summed E-state index contributed by atoms with van der Waals surface area (Å²) in [5.41, 5.74) is 2.04. The average Bonchev–Trinajstić information content (AvgIpc) is 2.91. The van der Waals surface area contributed by atoms with Crippen molar-refractivity contribution < 1.29 is 9.59 Å². The molecule has 2 aliphatic heterocycles. The zero-order chi connectivity index (χ0) is 15.5. The summed E-state index contributed by atoms with van der Waals surface area (Å²) < 4.78 is 0. The summed E-state index contributed by atoms with van der Waals surface area (Å²) in [6, 6.07) is 8.12. The number of anilines is 1. The molecule has 2 heterocycles. The van der Waals surface area contributed by atoms with Gasteiger partial charge in [0.1, 0.15) is 0 Å². The van der Waals surface area contributed by atoms with Crippen molar-refractivity contribution in [3.8, 4) is 0 Å². The molecule has 0 spiro atoms. The molecule has 0 radical (unpaired) electrons. The van der Waals surface area contributed by atoms with E-state index < -0.39 is 0 Å². The van der Waals surface area contributed by atoms with Gasteiger partial charge in [-0.3, -0.25) is 9.59 Å². The van der Waals surface area contributed by atoms with Gasteiger partial charge in [0.25, 0.3) is 0 Å². The number of benzene rings is 1. The van der Waals surface area contributed by atoms with E-state index >= 15 is 0 Å². The molecule has 1 unspecified atom stereocenters. The second kappa shape index (κ2) is 7.79. The Hall–Kier alpha value is -1.59. The number of aryl methyl sites for hydroxylation is 1. The van der Waals surface area contributed by atoms with Crippen LogP contribution in [0.25, 0.3) is 0 Å². The Bertz CT molecular complexity index is 555. The number of amides is 2. The zero-order valence-electron chi connectivity index (χ0n) is 13.4. The van der Waals surface area contributed by atoms with E-state index in [9.17, 15) is 9.59 Å². The van der Waals surface area contributed by atoms with Gasteiger partial charge >= 0.3 is 0 Å². The van der Waals surface area contributed by atoms with Gasteiger partial charge in [-0.15, -0.1) is 12.4 Å². The fourth-order valence-corrected chi connectivity index (χ4v) is 3.14. The zero-order valence-corrected chi connectivity index (χ0v) is 14.2. The van der Waals surface area contributed by atoms with Gasteiger partial charge < -0.3 is 15.5 Å². The van der Waals surface area contributed by atoms with Gasteiger partial charge in [-0.1, -0.05) is 17.7 Å². The molecule has 3 rings (SSSR count). The SMILES string of the molecule is Cc1ccc(N2CC(C(=O)NC3CCNCC3)CC2=O)cc1.Cl. The number of hydrogen-bond donors (Lipinski definition) is 2. The smallest absolute Gasteiger partial charge is 0.227 e. The van der Waals surface area contributed by atoms with Crippen molar-refractivity contribution in [3.63, 3.8) is 0 Å². The predicted octanol–water partition coefficient (Wildman–Crippen LogP) is 1.64. The molecule has 126 valence electrons. The maximum atomic E-state index is 12.4. The highest BCUT2D eigenvalue weighted by atomic mass is 35.5. The number of nitrogens with one attached hydrogen (secondary N) is 2. The molecule has 2 N–H and O–H groups in total. The molecule has 2 amide bonds. The van der Waals surface area contributed by atoms with Crippen LogP contribution in [0.5, 0.6) is 0 Å². The van der Waals surface area contributed by atoms with Crippen LogP contribution in [-0.2, 0) is 9.59 Å². The minimum atomic E-state index is -0.233. The van der Waals surface area contributed by atoms with Crippen molar-refractivity contribution in [1.82, 2.24) is 10.6 Å². The average molecular weight is 338 g/mol. The number of hydrogen-bond acceptors (Lipinski definition) is 3. The van der Waals surface area contributed by atoms with E-state index in [0.29, 0.717) is 13.0 Å². The summed E-state index contributed by atoms with van der Waals surface area (Å²) in [6.45, 7) is 4.40. The minimum Gasteiger partial charge on any atom is -0.353 e. The van der Waals surface area contributed by atoms with Crippen LogP contribution in [0.1, 0.15) is 24.8 Å². The Kier molecular flexibility index (Phi) is 6.02. The maximum absolute atomic E-state index is 12.4. The second-order valence-corrected chi connectivity index (χ2v) is 6.27. The molecule has 0 aromatic heterocycles. The van der Waals surface area contributed by atoms with E-state index in [4.69, 9.17) is 0 Å². The lowest BCUT2D eigenvalue weighted by Gasteiger charge is -2.25. The molecule has 0 bridgehead atoms. The van der Waals surface area contributed by atoms with Crippen molar-refractivity contribution in [2.24, 2.45) is 5.92 Å². The number of piperidine rings is 1. The van der Waals surface area contributed by atoms with Crippen molar-refractivity contribution in [2.75, 3.05) is 24.5 Å². The second-order valence-electron chi connectivity index (χ2n) is 6.27. The van der Waals surface area contributed by atoms with E-state index in [1.807, 2.05) is 31.2 Å². The van der Waals surface area contributed by atoms with E-state index in [-0.39, 0.29) is 36.2 Å². The fraction of sp³-hybridized carbons (Fsp3) is 0.529. The van der Waals surface area contributed by atoms with E-state index in [0.717, 1.165) is 37.2 Å². The first kappa shape index (κ1) is 17.8. The molecule has 2 aliphatic rings. The summed E-state index contributed by atoms with van der Waals surface area (Å²) in [5.74, 6) is -0.173. The number of halogens is 1. The summed E-state index contributed by atoms with van der Waals surface area (Å²) in [4.78, 5) is 26.3. The van der Waals surface area contributed by atoms with Crippen LogP contribution in [0.2, 0.25) is 0 Å². The summed E-state index contributed by atoms with van der Waals surface area (Å²) in [6.07, 6.45) is 2.24. The molecule has 5 nitrogen and oxygen atoms in total. The monoisotopic (exact) mass is 337 g/mol. The van der Waals surface area contributed by atoms with Gasteiger partial charge in [0.2, 0.25) is 11.8 Å². The molecule has 1 aromatic carbocycles. The van der Waals surface area contributed by atoms with Crippen molar-refractivity contribution in [1.29, 1.82) is 0 Å². The third-order valence-electron chi connectivity index (χ3n) is 4.53. The highest BCUT2D eigenvalue weighted by Gasteiger charge is 2.35. The molecule has 0 aliphatic carbocycles.